The molecular weight excluding hydrogens is 321 g/mol. The summed E-state index contributed by atoms with van der Waals surface area (Å²) < 4.78 is 14.5. The van der Waals surface area contributed by atoms with Crippen LogP contribution in [0.2, 0.25) is 0 Å². The number of fused-ring (bicyclic) bond motifs is 1. The lowest BCUT2D eigenvalue weighted by molar-refractivity contribution is -0.115. The van der Waals surface area contributed by atoms with Gasteiger partial charge in [0.15, 0.2) is 0 Å². The van der Waals surface area contributed by atoms with E-state index in [0.717, 1.165) is 15.2 Å². The number of carbonyl (C=O) groups excluding carboxylic acids is 1. The van der Waals surface area contributed by atoms with Gasteiger partial charge in [0.1, 0.15) is 17.2 Å². The minimum atomic E-state index is -0.448. The molecule has 112 valence electrons. The summed E-state index contributed by atoms with van der Waals surface area (Å²) >= 11 is 2.87. The van der Waals surface area contributed by atoms with Crippen molar-refractivity contribution in [1.29, 1.82) is 0 Å². The van der Waals surface area contributed by atoms with Crippen LogP contribution < -0.4 is 5.32 Å². The smallest absolute Gasteiger partial charge is 0.237 e. The highest BCUT2D eigenvalue weighted by atomic mass is 32.2. The fourth-order valence-electron chi connectivity index (χ4n) is 1.87. The minimum Gasteiger partial charge on any atom is -0.323 e. The summed E-state index contributed by atoms with van der Waals surface area (Å²) in [5.74, 6) is -0.714. The third-order valence-corrected chi connectivity index (χ3v) is 5.14. The summed E-state index contributed by atoms with van der Waals surface area (Å²) in [5.41, 5.74) is 1.05. The number of hydrogen-bond donors (Lipinski definition) is 1. The van der Waals surface area contributed by atoms with Crippen LogP contribution in [0.4, 0.5) is 10.1 Å². The van der Waals surface area contributed by atoms with E-state index in [0.29, 0.717) is 0 Å². The number of carbonyl (C=O) groups is 1. The van der Waals surface area contributed by atoms with Gasteiger partial charge in [0.2, 0.25) is 5.91 Å². The number of benzene rings is 1. The standard InChI is InChI=1S/C15H12FN3OS2/c1-9(14(20)19-11-5-3-2-4-10(11)16)22-15-13-12(6-7-21-13)17-8-18-15/h2-9H,1H3,(H,19,20). The highest BCUT2D eigenvalue weighted by molar-refractivity contribution is 8.00. The van der Waals surface area contributed by atoms with Crippen LogP contribution in [0, 0.1) is 5.82 Å². The molecule has 0 spiro atoms. The average molecular weight is 333 g/mol. The second kappa shape index (κ2) is 6.41. The average Bonchev–Trinajstić information content (AvgIpc) is 2.99. The maximum absolute atomic E-state index is 13.6. The number of aromatic nitrogens is 2. The third kappa shape index (κ3) is 3.10. The Hall–Kier alpha value is -1.99. The molecule has 7 heteroatoms. The third-order valence-electron chi connectivity index (χ3n) is 3.00. The molecule has 0 saturated carbocycles. The Morgan fingerprint density at radius 3 is 2.95 bits per heavy atom. The first-order valence-corrected chi connectivity index (χ1v) is 8.31. The van der Waals surface area contributed by atoms with E-state index >= 15 is 0 Å². The first kappa shape index (κ1) is 14.9. The van der Waals surface area contributed by atoms with Crippen LogP contribution >= 0.6 is 23.1 Å². The molecule has 0 aliphatic carbocycles. The van der Waals surface area contributed by atoms with Crippen molar-refractivity contribution in [3.05, 3.63) is 47.9 Å². The molecule has 1 aromatic carbocycles. The monoisotopic (exact) mass is 333 g/mol. The van der Waals surface area contributed by atoms with Crippen molar-refractivity contribution < 1.29 is 9.18 Å². The number of halogens is 1. The van der Waals surface area contributed by atoms with E-state index in [1.54, 1.807) is 19.1 Å². The Kier molecular flexibility index (Phi) is 4.35. The molecule has 3 aromatic rings. The van der Waals surface area contributed by atoms with Crippen molar-refractivity contribution in [3.8, 4) is 0 Å². The highest BCUT2D eigenvalue weighted by Gasteiger charge is 2.18. The second-order valence-electron chi connectivity index (χ2n) is 4.54. The van der Waals surface area contributed by atoms with Gasteiger partial charge in [0.25, 0.3) is 0 Å². The molecule has 0 aliphatic rings. The lowest BCUT2D eigenvalue weighted by Crippen LogP contribution is -2.23. The molecule has 1 atom stereocenters. The zero-order valence-electron chi connectivity index (χ0n) is 11.6. The largest absolute Gasteiger partial charge is 0.323 e. The van der Waals surface area contributed by atoms with Gasteiger partial charge in [-0.1, -0.05) is 23.9 Å². The molecule has 2 aromatic heterocycles. The molecule has 1 unspecified atom stereocenters. The Labute approximate surface area is 134 Å². The molecule has 22 heavy (non-hydrogen) atoms. The normalized spacial score (nSPS) is 12.3. The van der Waals surface area contributed by atoms with Crippen molar-refractivity contribution in [1.82, 2.24) is 9.97 Å². The van der Waals surface area contributed by atoms with Gasteiger partial charge in [-0.3, -0.25) is 4.79 Å². The van der Waals surface area contributed by atoms with Crippen LogP contribution in [0.25, 0.3) is 10.2 Å². The Bertz CT molecular complexity index is 821. The van der Waals surface area contributed by atoms with Gasteiger partial charge in [0, 0.05) is 0 Å². The number of nitrogens with zero attached hydrogens (tertiary/aromatic N) is 2. The predicted molar refractivity (Wildman–Crippen MR) is 87.8 cm³/mol. The maximum atomic E-state index is 13.6. The number of hydrogen-bond acceptors (Lipinski definition) is 5. The van der Waals surface area contributed by atoms with Gasteiger partial charge >= 0.3 is 0 Å². The van der Waals surface area contributed by atoms with Crippen LogP contribution in [-0.4, -0.2) is 21.1 Å². The van der Waals surface area contributed by atoms with Crippen molar-refractivity contribution in [2.24, 2.45) is 0 Å². The Morgan fingerprint density at radius 1 is 1.32 bits per heavy atom. The number of amides is 1. The molecule has 3 rings (SSSR count). The molecular formula is C15H12FN3OS2. The summed E-state index contributed by atoms with van der Waals surface area (Å²) in [5, 5.41) is 4.89. The van der Waals surface area contributed by atoms with Gasteiger partial charge in [-0.15, -0.1) is 11.3 Å². The van der Waals surface area contributed by atoms with E-state index in [2.05, 4.69) is 15.3 Å². The topological polar surface area (TPSA) is 54.9 Å². The molecule has 0 bridgehead atoms. The number of para-hydroxylation sites is 1. The first-order valence-electron chi connectivity index (χ1n) is 6.55. The number of rotatable bonds is 4. The fraction of sp³-hybridized carbons (Fsp3) is 0.133. The van der Waals surface area contributed by atoms with Crippen molar-refractivity contribution in [2.75, 3.05) is 5.32 Å². The molecule has 2 heterocycles. The summed E-state index contributed by atoms with van der Waals surface area (Å²) in [7, 11) is 0. The molecule has 0 radical (unpaired) electrons. The zero-order chi connectivity index (χ0) is 15.5. The molecule has 0 aliphatic heterocycles. The van der Waals surface area contributed by atoms with E-state index in [1.165, 1.54) is 41.6 Å². The van der Waals surface area contributed by atoms with Crippen molar-refractivity contribution in [3.63, 3.8) is 0 Å². The highest BCUT2D eigenvalue weighted by Crippen LogP contribution is 2.31. The maximum Gasteiger partial charge on any atom is 0.237 e. The lowest BCUT2D eigenvalue weighted by Gasteiger charge is -2.12. The summed E-state index contributed by atoms with van der Waals surface area (Å²) in [6, 6.07) is 8.02. The minimum absolute atomic E-state index is 0.184. The fourth-order valence-corrected chi connectivity index (χ4v) is 3.71. The van der Waals surface area contributed by atoms with E-state index < -0.39 is 11.1 Å². The van der Waals surface area contributed by atoms with E-state index in [4.69, 9.17) is 0 Å². The second-order valence-corrected chi connectivity index (χ2v) is 6.79. The number of thioether (sulfide) groups is 1. The van der Waals surface area contributed by atoms with Gasteiger partial charge in [-0.05, 0) is 30.5 Å². The number of nitrogens with one attached hydrogen (secondary N) is 1. The summed E-state index contributed by atoms with van der Waals surface area (Å²) in [6.07, 6.45) is 1.48. The van der Waals surface area contributed by atoms with E-state index in [-0.39, 0.29) is 11.6 Å². The van der Waals surface area contributed by atoms with Gasteiger partial charge in [0.05, 0.1) is 21.2 Å². The first-order chi connectivity index (χ1) is 10.6. The predicted octanol–water partition coefficient (Wildman–Crippen LogP) is 3.95. The Balaban J connectivity index is 1.74. The van der Waals surface area contributed by atoms with Crippen LogP contribution in [-0.2, 0) is 4.79 Å². The van der Waals surface area contributed by atoms with Crippen LogP contribution in [0.1, 0.15) is 6.92 Å². The van der Waals surface area contributed by atoms with Crippen molar-refractivity contribution >= 4 is 44.9 Å². The number of thiophene rings is 1. The quantitative estimate of drug-likeness (QED) is 0.580. The number of anilines is 1. The molecule has 1 N–H and O–H groups in total. The molecule has 0 saturated heterocycles. The van der Waals surface area contributed by atoms with Crippen molar-refractivity contribution in [2.45, 2.75) is 17.2 Å². The molecule has 0 fully saturated rings. The summed E-state index contributed by atoms with van der Waals surface area (Å²) in [6.45, 7) is 1.77. The van der Waals surface area contributed by atoms with Crippen LogP contribution in [0.5, 0.6) is 0 Å². The SMILES string of the molecule is CC(Sc1ncnc2ccsc12)C(=O)Nc1ccccc1F. The van der Waals surface area contributed by atoms with E-state index in [1.807, 2.05) is 11.4 Å². The van der Waals surface area contributed by atoms with E-state index in [9.17, 15) is 9.18 Å². The molecule has 4 nitrogen and oxygen atoms in total. The summed E-state index contributed by atoms with van der Waals surface area (Å²) in [4.78, 5) is 20.6. The van der Waals surface area contributed by atoms with Crippen LogP contribution in [0.3, 0.4) is 0 Å². The van der Waals surface area contributed by atoms with Gasteiger partial charge in [-0.2, -0.15) is 0 Å². The molecule has 1 amide bonds. The van der Waals surface area contributed by atoms with Gasteiger partial charge in [-0.25, -0.2) is 14.4 Å². The Morgan fingerprint density at radius 2 is 2.14 bits per heavy atom. The zero-order valence-corrected chi connectivity index (χ0v) is 13.2. The van der Waals surface area contributed by atoms with Crippen LogP contribution in [0.15, 0.2) is 47.1 Å². The van der Waals surface area contributed by atoms with Gasteiger partial charge < -0.3 is 5.32 Å². The lowest BCUT2D eigenvalue weighted by atomic mass is 10.3.